The second kappa shape index (κ2) is 7.72. The maximum atomic E-state index is 12.8. The van der Waals surface area contributed by atoms with Gasteiger partial charge in [0.1, 0.15) is 11.3 Å². The zero-order valence-corrected chi connectivity index (χ0v) is 15.2. The SMILES string of the molecule is CC(C)Oc1ccc(C=C2C(=O)NC(=O)N(C3CCCCC3)C2=O)cc1. The molecule has 138 valence electrons. The molecule has 0 radical (unpaired) electrons. The average Bonchev–Trinajstić information content (AvgIpc) is 2.60. The second-order valence-electron chi connectivity index (χ2n) is 7.02. The summed E-state index contributed by atoms with van der Waals surface area (Å²) >= 11 is 0. The van der Waals surface area contributed by atoms with Crippen LogP contribution in [0.3, 0.4) is 0 Å². The van der Waals surface area contributed by atoms with Gasteiger partial charge < -0.3 is 4.74 Å². The van der Waals surface area contributed by atoms with Crippen molar-refractivity contribution in [3.05, 3.63) is 35.4 Å². The largest absolute Gasteiger partial charge is 0.491 e. The molecule has 1 heterocycles. The van der Waals surface area contributed by atoms with Crippen LogP contribution in [-0.4, -0.2) is 34.9 Å². The van der Waals surface area contributed by atoms with Crippen LogP contribution >= 0.6 is 0 Å². The van der Waals surface area contributed by atoms with E-state index in [-0.39, 0.29) is 17.7 Å². The molecule has 1 saturated heterocycles. The maximum absolute atomic E-state index is 12.8. The Hall–Kier alpha value is -2.63. The van der Waals surface area contributed by atoms with Gasteiger partial charge in [-0.25, -0.2) is 4.79 Å². The van der Waals surface area contributed by atoms with Gasteiger partial charge in [-0.3, -0.25) is 19.8 Å². The highest BCUT2D eigenvalue weighted by Gasteiger charge is 2.40. The van der Waals surface area contributed by atoms with Crippen molar-refractivity contribution in [2.24, 2.45) is 0 Å². The van der Waals surface area contributed by atoms with E-state index >= 15 is 0 Å². The van der Waals surface area contributed by atoms with Gasteiger partial charge in [0.2, 0.25) is 0 Å². The van der Waals surface area contributed by atoms with Crippen LogP contribution in [0, 0.1) is 0 Å². The highest BCUT2D eigenvalue weighted by atomic mass is 16.5. The number of hydrogen-bond acceptors (Lipinski definition) is 4. The summed E-state index contributed by atoms with van der Waals surface area (Å²) in [6.07, 6.45) is 6.29. The molecule has 6 heteroatoms. The molecule has 0 spiro atoms. The Bertz CT molecular complexity index is 731. The summed E-state index contributed by atoms with van der Waals surface area (Å²) in [4.78, 5) is 38.4. The standard InChI is InChI=1S/C20H24N2O4/c1-13(2)26-16-10-8-14(9-11-16)12-17-18(23)21-20(25)22(19(17)24)15-6-4-3-5-7-15/h8-13,15H,3-7H2,1-2H3,(H,21,23,25). The lowest BCUT2D eigenvalue weighted by Gasteiger charge is -2.35. The van der Waals surface area contributed by atoms with Crippen molar-refractivity contribution in [1.82, 2.24) is 10.2 Å². The minimum atomic E-state index is -0.644. The molecule has 0 unspecified atom stereocenters. The van der Waals surface area contributed by atoms with Crippen molar-refractivity contribution in [2.75, 3.05) is 0 Å². The molecule has 6 nitrogen and oxygen atoms in total. The number of nitrogens with zero attached hydrogens (tertiary/aromatic N) is 1. The zero-order chi connectivity index (χ0) is 18.7. The number of rotatable bonds is 4. The van der Waals surface area contributed by atoms with Gasteiger partial charge in [-0.2, -0.15) is 0 Å². The summed E-state index contributed by atoms with van der Waals surface area (Å²) in [6, 6.07) is 6.42. The van der Waals surface area contributed by atoms with Crippen LogP contribution in [0.15, 0.2) is 29.8 Å². The minimum Gasteiger partial charge on any atom is -0.491 e. The molecule has 1 aromatic rings. The third-order valence-electron chi connectivity index (χ3n) is 4.64. The first-order valence-corrected chi connectivity index (χ1v) is 9.13. The summed E-state index contributed by atoms with van der Waals surface area (Å²) < 4.78 is 5.59. The van der Waals surface area contributed by atoms with E-state index in [1.165, 1.54) is 11.0 Å². The highest BCUT2D eigenvalue weighted by molar-refractivity contribution is 6.31. The molecule has 0 atom stereocenters. The van der Waals surface area contributed by atoms with Crippen LogP contribution in [0.1, 0.15) is 51.5 Å². The number of imide groups is 2. The number of carbonyl (C=O) groups excluding carboxylic acids is 3. The van der Waals surface area contributed by atoms with E-state index in [2.05, 4.69) is 5.32 Å². The first-order valence-electron chi connectivity index (χ1n) is 9.13. The fourth-order valence-electron chi connectivity index (χ4n) is 3.42. The number of amides is 4. The van der Waals surface area contributed by atoms with E-state index in [0.717, 1.165) is 37.9 Å². The molecular weight excluding hydrogens is 332 g/mol. The molecule has 2 aliphatic rings. The number of barbiturate groups is 1. The number of urea groups is 1. The predicted molar refractivity (Wildman–Crippen MR) is 97.4 cm³/mol. The summed E-state index contributed by atoms with van der Waals surface area (Å²) in [5.74, 6) is -0.427. The van der Waals surface area contributed by atoms with Gasteiger partial charge in [0.25, 0.3) is 11.8 Å². The smallest absolute Gasteiger partial charge is 0.331 e. The molecule has 1 aliphatic carbocycles. The molecular formula is C20H24N2O4. The molecule has 2 fully saturated rings. The Morgan fingerprint density at radius 3 is 2.35 bits per heavy atom. The molecule has 1 aromatic carbocycles. The van der Waals surface area contributed by atoms with Gasteiger partial charge in [-0.05, 0) is 50.5 Å². The van der Waals surface area contributed by atoms with Crippen LogP contribution < -0.4 is 10.1 Å². The highest BCUT2D eigenvalue weighted by Crippen LogP contribution is 2.26. The monoisotopic (exact) mass is 356 g/mol. The third-order valence-corrected chi connectivity index (χ3v) is 4.64. The van der Waals surface area contributed by atoms with E-state index in [1.54, 1.807) is 24.3 Å². The normalized spacial score (nSPS) is 20.7. The number of benzene rings is 1. The Morgan fingerprint density at radius 1 is 1.08 bits per heavy atom. The van der Waals surface area contributed by atoms with Crippen molar-refractivity contribution in [2.45, 2.75) is 58.1 Å². The van der Waals surface area contributed by atoms with Crippen LogP contribution in [-0.2, 0) is 9.59 Å². The molecule has 1 saturated carbocycles. The van der Waals surface area contributed by atoms with Crippen molar-refractivity contribution in [3.8, 4) is 5.75 Å². The molecule has 0 bridgehead atoms. The number of ether oxygens (including phenoxy) is 1. The van der Waals surface area contributed by atoms with Gasteiger partial charge in [0, 0.05) is 6.04 Å². The van der Waals surface area contributed by atoms with Crippen LogP contribution in [0.25, 0.3) is 6.08 Å². The lowest BCUT2D eigenvalue weighted by Crippen LogP contribution is -2.58. The van der Waals surface area contributed by atoms with Crippen LogP contribution in [0.5, 0.6) is 5.75 Å². The number of nitrogens with one attached hydrogen (secondary N) is 1. The first-order chi connectivity index (χ1) is 12.5. The van der Waals surface area contributed by atoms with E-state index < -0.39 is 17.8 Å². The molecule has 3 rings (SSSR count). The molecule has 1 N–H and O–H groups in total. The van der Waals surface area contributed by atoms with E-state index in [1.807, 2.05) is 13.8 Å². The number of hydrogen-bond donors (Lipinski definition) is 1. The Balaban J connectivity index is 1.82. The van der Waals surface area contributed by atoms with Crippen LogP contribution in [0.2, 0.25) is 0 Å². The van der Waals surface area contributed by atoms with Crippen molar-refractivity contribution >= 4 is 23.9 Å². The Kier molecular flexibility index (Phi) is 5.40. The lowest BCUT2D eigenvalue weighted by atomic mass is 9.93. The second-order valence-corrected chi connectivity index (χ2v) is 7.02. The van der Waals surface area contributed by atoms with Crippen molar-refractivity contribution < 1.29 is 19.1 Å². The zero-order valence-electron chi connectivity index (χ0n) is 15.2. The Labute approximate surface area is 153 Å². The molecule has 26 heavy (non-hydrogen) atoms. The third kappa shape index (κ3) is 3.95. The maximum Gasteiger partial charge on any atom is 0.331 e. The number of carbonyl (C=O) groups is 3. The van der Waals surface area contributed by atoms with Gasteiger partial charge in [-0.1, -0.05) is 31.4 Å². The first kappa shape index (κ1) is 18.2. The van der Waals surface area contributed by atoms with Gasteiger partial charge in [-0.15, -0.1) is 0 Å². The molecule has 1 aliphatic heterocycles. The lowest BCUT2D eigenvalue weighted by molar-refractivity contribution is -0.132. The quantitative estimate of drug-likeness (QED) is 0.664. The van der Waals surface area contributed by atoms with E-state index in [4.69, 9.17) is 4.74 Å². The van der Waals surface area contributed by atoms with Crippen LogP contribution in [0.4, 0.5) is 4.79 Å². The topological polar surface area (TPSA) is 75.7 Å². The molecule has 0 aromatic heterocycles. The predicted octanol–water partition coefficient (Wildman–Crippen LogP) is 3.27. The van der Waals surface area contributed by atoms with E-state index in [9.17, 15) is 14.4 Å². The fourth-order valence-corrected chi connectivity index (χ4v) is 3.42. The van der Waals surface area contributed by atoms with Crippen molar-refractivity contribution in [3.63, 3.8) is 0 Å². The molecule has 4 amide bonds. The summed E-state index contributed by atoms with van der Waals surface area (Å²) in [5.41, 5.74) is 0.699. The summed E-state index contributed by atoms with van der Waals surface area (Å²) in [6.45, 7) is 3.88. The Morgan fingerprint density at radius 2 is 1.73 bits per heavy atom. The van der Waals surface area contributed by atoms with Crippen molar-refractivity contribution in [1.29, 1.82) is 0 Å². The fraction of sp³-hybridized carbons (Fsp3) is 0.450. The average molecular weight is 356 g/mol. The van der Waals surface area contributed by atoms with Gasteiger partial charge in [0.15, 0.2) is 0 Å². The van der Waals surface area contributed by atoms with E-state index in [0.29, 0.717) is 5.56 Å². The summed E-state index contributed by atoms with van der Waals surface area (Å²) in [5, 5.41) is 2.30. The summed E-state index contributed by atoms with van der Waals surface area (Å²) in [7, 11) is 0. The van der Waals surface area contributed by atoms with Gasteiger partial charge in [0.05, 0.1) is 6.10 Å². The minimum absolute atomic E-state index is 0.00676. The van der Waals surface area contributed by atoms with Gasteiger partial charge >= 0.3 is 6.03 Å².